The fourth-order valence-corrected chi connectivity index (χ4v) is 4.70. The third kappa shape index (κ3) is 2.83. The van der Waals surface area contributed by atoms with E-state index in [9.17, 15) is 4.79 Å². The molecular formula is C25H26N2O. The third-order valence-electron chi connectivity index (χ3n) is 6.04. The van der Waals surface area contributed by atoms with Crippen LogP contribution >= 0.6 is 0 Å². The molecule has 0 saturated carbocycles. The Hall–Kier alpha value is -2.91. The van der Waals surface area contributed by atoms with Crippen LogP contribution in [0.1, 0.15) is 36.1 Å². The number of nitrogens with two attached hydrogens (primary N) is 1. The predicted octanol–water partition coefficient (Wildman–Crippen LogP) is 4.66. The first-order valence-electron chi connectivity index (χ1n) is 9.70. The molecule has 0 bridgehead atoms. The summed E-state index contributed by atoms with van der Waals surface area (Å²) >= 11 is 0. The quantitative estimate of drug-likeness (QED) is 0.525. The van der Waals surface area contributed by atoms with Gasteiger partial charge in [-0.25, -0.2) is 0 Å². The van der Waals surface area contributed by atoms with Gasteiger partial charge in [0.05, 0.1) is 0 Å². The molecule has 1 unspecified atom stereocenters. The summed E-state index contributed by atoms with van der Waals surface area (Å²) < 4.78 is 0. The Balaban J connectivity index is 1.91. The van der Waals surface area contributed by atoms with Gasteiger partial charge in [0.25, 0.3) is 0 Å². The van der Waals surface area contributed by atoms with Crippen LogP contribution in [0.25, 0.3) is 0 Å². The van der Waals surface area contributed by atoms with Crippen LogP contribution in [0.15, 0.2) is 78.9 Å². The Labute approximate surface area is 166 Å². The number of anilines is 1. The number of hydrogen-bond donors (Lipinski definition) is 1. The number of nitrogen functional groups attached to an aromatic ring is 1. The summed E-state index contributed by atoms with van der Waals surface area (Å²) in [4.78, 5) is 15.2. The second-order valence-electron chi connectivity index (χ2n) is 8.11. The van der Waals surface area contributed by atoms with E-state index in [-0.39, 0.29) is 5.54 Å². The first-order chi connectivity index (χ1) is 13.5. The first-order valence-corrected chi connectivity index (χ1v) is 9.70. The van der Waals surface area contributed by atoms with Gasteiger partial charge in [-0.2, -0.15) is 0 Å². The van der Waals surface area contributed by atoms with Crippen LogP contribution in [0.5, 0.6) is 0 Å². The van der Waals surface area contributed by atoms with Gasteiger partial charge < -0.3 is 10.5 Å². The Morgan fingerprint density at radius 3 is 2.07 bits per heavy atom. The molecule has 0 amide bonds. The molecule has 142 valence electrons. The minimum atomic E-state index is -0.804. The largest absolute Gasteiger partial charge is 0.398 e. The van der Waals surface area contributed by atoms with Gasteiger partial charge in [0, 0.05) is 29.8 Å². The Morgan fingerprint density at radius 2 is 1.46 bits per heavy atom. The fraction of sp³-hybridized carbons (Fsp3) is 0.240. The van der Waals surface area contributed by atoms with Crippen molar-refractivity contribution in [2.75, 3.05) is 5.73 Å². The lowest BCUT2D eigenvalue weighted by Gasteiger charge is -2.42. The molecule has 3 nitrogen and oxygen atoms in total. The van der Waals surface area contributed by atoms with E-state index < -0.39 is 5.54 Å². The highest BCUT2D eigenvalue weighted by Gasteiger charge is 2.55. The summed E-state index contributed by atoms with van der Waals surface area (Å²) in [5.41, 5.74) is 10.4. The standard InChI is InChI=1S/C25H26N2O/c1-24(2)21-14-9-15-22(26)23(21)25(18-28,16-19-10-5-3-6-11-19)27(24)17-20-12-7-4-8-13-20/h3-15,18H,16-17,26H2,1-2H3. The second kappa shape index (κ2) is 6.92. The average molecular weight is 370 g/mol. The minimum absolute atomic E-state index is 0.323. The van der Waals surface area contributed by atoms with Crippen molar-refractivity contribution in [3.05, 3.63) is 101 Å². The minimum Gasteiger partial charge on any atom is -0.398 e. The second-order valence-corrected chi connectivity index (χ2v) is 8.11. The van der Waals surface area contributed by atoms with E-state index in [0.717, 1.165) is 23.0 Å². The Morgan fingerprint density at radius 1 is 0.857 bits per heavy atom. The van der Waals surface area contributed by atoms with Crippen molar-refractivity contribution < 1.29 is 4.79 Å². The number of carbonyl (C=O) groups is 1. The monoisotopic (exact) mass is 370 g/mol. The van der Waals surface area contributed by atoms with E-state index in [1.54, 1.807) is 0 Å². The van der Waals surface area contributed by atoms with Crippen molar-refractivity contribution in [3.63, 3.8) is 0 Å². The first kappa shape index (κ1) is 18.5. The SMILES string of the molecule is CC1(C)c2cccc(N)c2C(C=O)(Cc2ccccc2)N1Cc1ccccc1. The van der Waals surface area contributed by atoms with E-state index >= 15 is 0 Å². The van der Waals surface area contributed by atoms with Gasteiger partial charge in [-0.05, 0) is 36.6 Å². The van der Waals surface area contributed by atoms with Gasteiger partial charge in [0.2, 0.25) is 0 Å². The van der Waals surface area contributed by atoms with E-state index in [4.69, 9.17) is 5.73 Å². The van der Waals surface area contributed by atoms with E-state index in [0.29, 0.717) is 18.7 Å². The maximum absolute atomic E-state index is 12.8. The third-order valence-corrected chi connectivity index (χ3v) is 6.04. The normalized spacial score (nSPS) is 20.6. The van der Waals surface area contributed by atoms with Crippen molar-refractivity contribution in [1.29, 1.82) is 0 Å². The lowest BCUT2D eigenvalue weighted by atomic mass is 9.83. The van der Waals surface area contributed by atoms with Crippen molar-refractivity contribution in [2.45, 2.75) is 37.9 Å². The molecule has 1 aliphatic heterocycles. The number of benzene rings is 3. The van der Waals surface area contributed by atoms with Gasteiger partial charge in [0.1, 0.15) is 11.8 Å². The van der Waals surface area contributed by atoms with Gasteiger partial charge in [0.15, 0.2) is 0 Å². The number of carbonyl (C=O) groups excluding carboxylic acids is 1. The van der Waals surface area contributed by atoms with Gasteiger partial charge in [-0.1, -0.05) is 72.8 Å². The highest BCUT2D eigenvalue weighted by Crippen LogP contribution is 2.52. The van der Waals surface area contributed by atoms with E-state index in [1.807, 2.05) is 48.5 Å². The molecule has 28 heavy (non-hydrogen) atoms. The van der Waals surface area contributed by atoms with Crippen LogP contribution in [0.2, 0.25) is 0 Å². The zero-order valence-corrected chi connectivity index (χ0v) is 16.4. The number of rotatable bonds is 5. The van der Waals surface area contributed by atoms with E-state index in [2.05, 4.69) is 49.1 Å². The Bertz CT molecular complexity index is 982. The molecule has 2 N–H and O–H groups in total. The van der Waals surface area contributed by atoms with Crippen LogP contribution in [0, 0.1) is 0 Å². The highest BCUT2D eigenvalue weighted by atomic mass is 16.1. The van der Waals surface area contributed by atoms with Crippen molar-refractivity contribution >= 4 is 12.0 Å². The van der Waals surface area contributed by atoms with Crippen molar-refractivity contribution in [3.8, 4) is 0 Å². The summed E-state index contributed by atoms with van der Waals surface area (Å²) in [6.45, 7) is 5.04. The summed E-state index contributed by atoms with van der Waals surface area (Å²) in [5.74, 6) is 0. The van der Waals surface area contributed by atoms with Crippen molar-refractivity contribution in [2.24, 2.45) is 0 Å². The molecule has 0 spiro atoms. The maximum Gasteiger partial charge on any atom is 0.145 e. The maximum atomic E-state index is 12.8. The molecule has 0 saturated heterocycles. The molecule has 0 fully saturated rings. The van der Waals surface area contributed by atoms with Gasteiger partial charge >= 0.3 is 0 Å². The van der Waals surface area contributed by atoms with Crippen LogP contribution in [0.4, 0.5) is 5.69 Å². The molecule has 1 atom stereocenters. The fourth-order valence-electron chi connectivity index (χ4n) is 4.70. The number of fused-ring (bicyclic) bond motifs is 1. The number of hydrogen-bond acceptors (Lipinski definition) is 3. The summed E-state index contributed by atoms with van der Waals surface area (Å²) in [6.07, 6.45) is 1.70. The summed E-state index contributed by atoms with van der Waals surface area (Å²) in [5, 5.41) is 0. The smallest absolute Gasteiger partial charge is 0.145 e. The van der Waals surface area contributed by atoms with Crippen molar-refractivity contribution in [1.82, 2.24) is 4.90 Å². The summed E-state index contributed by atoms with van der Waals surface area (Å²) in [7, 11) is 0. The van der Waals surface area contributed by atoms with Crippen LogP contribution < -0.4 is 5.73 Å². The number of aldehydes is 1. The molecule has 0 radical (unpaired) electrons. The highest BCUT2D eigenvalue weighted by molar-refractivity contribution is 5.78. The van der Waals surface area contributed by atoms with E-state index in [1.165, 1.54) is 5.56 Å². The lowest BCUT2D eigenvalue weighted by Crippen LogP contribution is -2.50. The lowest BCUT2D eigenvalue weighted by molar-refractivity contribution is -0.122. The Kier molecular flexibility index (Phi) is 4.56. The molecule has 1 heterocycles. The molecule has 3 heteroatoms. The number of nitrogens with zero attached hydrogens (tertiary/aromatic N) is 1. The van der Waals surface area contributed by atoms with Gasteiger partial charge in [-0.15, -0.1) is 0 Å². The molecular weight excluding hydrogens is 344 g/mol. The molecule has 1 aliphatic rings. The van der Waals surface area contributed by atoms with Crippen LogP contribution in [-0.4, -0.2) is 11.2 Å². The van der Waals surface area contributed by atoms with Crippen LogP contribution in [-0.2, 0) is 28.8 Å². The predicted molar refractivity (Wildman–Crippen MR) is 114 cm³/mol. The summed E-state index contributed by atoms with van der Waals surface area (Å²) in [6, 6.07) is 26.5. The molecule has 0 aliphatic carbocycles. The van der Waals surface area contributed by atoms with Gasteiger partial charge in [-0.3, -0.25) is 4.90 Å². The van der Waals surface area contributed by atoms with Crippen LogP contribution in [0.3, 0.4) is 0 Å². The zero-order valence-electron chi connectivity index (χ0n) is 16.4. The average Bonchev–Trinajstić information content (AvgIpc) is 2.89. The topological polar surface area (TPSA) is 46.3 Å². The molecule has 0 aromatic heterocycles. The molecule has 4 rings (SSSR count). The zero-order chi connectivity index (χ0) is 19.8. The molecule has 3 aromatic carbocycles. The molecule has 3 aromatic rings.